The van der Waals surface area contributed by atoms with Crippen LogP contribution < -0.4 is 9.62 Å². The van der Waals surface area contributed by atoms with Crippen molar-refractivity contribution >= 4 is 50.7 Å². The van der Waals surface area contributed by atoms with Crippen LogP contribution in [0.2, 0.25) is 10.0 Å². The van der Waals surface area contributed by atoms with Crippen molar-refractivity contribution in [2.75, 3.05) is 23.9 Å². The first-order valence-corrected chi connectivity index (χ1v) is 15.8. The maximum atomic E-state index is 14.1. The fourth-order valence-corrected chi connectivity index (χ4v) is 6.28. The van der Waals surface area contributed by atoms with Crippen LogP contribution in [0, 0.1) is 12.8 Å². The normalized spacial score (nSPS) is 12.2. The van der Waals surface area contributed by atoms with Gasteiger partial charge in [0.05, 0.1) is 10.6 Å². The van der Waals surface area contributed by atoms with Gasteiger partial charge in [-0.1, -0.05) is 92.0 Å². The third-order valence-electron chi connectivity index (χ3n) is 6.58. The van der Waals surface area contributed by atoms with Crippen molar-refractivity contribution in [1.29, 1.82) is 0 Å². The van der Waals surface area contributed by atoms with Crippen LogP contribution >= 0.6 is 23.2 Å². The standard InChI is InChI=1S/C31H37Cl2N3O4S/c1-5-29(31(38)34-20-22(2)3)35(16-15-24-9-7-6-8-10-24)30(37)21-36(27-18-25(32)17-26(33)19-27)41(39,40)28-13-11-23(4)12-14-28/h6-14,17-19,22,29H,5,15-16,20-21H2,1-4H3,(H,34,38)/t29-/m0/s1. The van der Waals surface area contributed by atoms with Crippen molar-refractivity contribution in [3.8, 4) is 0 Å². The Kier molecular flexibility index (Phi) is 11.6. The number of rotatable bonds is 13. The summed E-state index contributed by atoms with van der Waals surface area (Å²) in [6.07, 6.45) is 0.854. The summed E-state index contributed by atoms with van der Waals surface area (Å²) in [5, 5.41) is 3.38. The first-order valence-electron chi connectivity index (χ1n) is 13.6. The van der Waals surface area contributed by atoms with Gasteiger partial charge in [0, 0.05) is 23.1 Å². The molecule has 220 valence electrons. The minimum absolute atomic E-state index is 0.0181. The molecule has 0 unspecified atom stereocenters. The number of nitrogens with zero attached hydrogens (tertiary/aromatic N) is 2. The van der Waals surface area contributed by atoms with E-state index in [4.69, 9.17) is 23.2 Å². The van der Waals surface area contributed by atoms with Crippen LogP contribution in [-0.2, 0) is 26.0 Å². The van der Waals surface area contributed by atoms with Crippen LogP contribution in [0.3, 0.4) is 0 Å². The van der Waals surface area contributed by atoms with Crippen LogP contribution in [-0.4, -0.2) is 50.8 Å². The predicted octanol–water partition coefficient (Wildman–Crippen LogP) is 6.12. The molecule has 41 heavy (non-hydrogen) atoms. The average molecular weight is 619 g/mol. The van der Waals surface area contributed by atoms with Crippen LogP contribution in [0.25, 0.3) is 0 Å². The molecular weight excluding hydrogens is 581 g/mol. The van der Waals surface area contributed by atoms with E-state index in [0.29, 0.717) is 19.4 Å². The molecule has 3 aromatic rings. The lowest BCUT2D eigenvalue weighted by Crippen LogP contribution is -2.53. The molecule has 0 aliphatic rings. The van der Waals surface area contributed by atoms with E-state index >= 15 is 0 Å². The number of carbonyl (C=O) groups excluding carboxylic acids is 2. The molecule has 0 saturated heterocycles. The van der Waals surface area contributed by atoms with Gasteiger partial charge in [0.2, 0.25) is 11.8 Å². The van der Waals surface area contributed by atoms with E-state index < -0.39 is 28.5 Å². The van der Waals surface area contributed by atoms with Gasteiger partial charge >= 0.3 is 0 Å². The maximum Gasteiger partial charge on any atom is 0.264 e. The summed E-state index contributed by atoms with van der Waals surface area (Å²) in [5.41, 5.74) is 2.04. The molecule has 1 N–H and O–H groups in total. The Bertz CT molecular complexity index is 1410. The first kappa shape index (κ1) is 32.4. The third kappa shape index (κ3) is 8.96. The summed E-state index contributed by atoms with van der Waals surface area (Å²) in [6, 6.07) is 19.6. The number of benzene rings is 3. The zero-order valence-corrected chi connectivity index (χ0v) is 26.1. The van der Waals surface area contributed by atoms with Gasteiger partial charge in [-0.25, -0.2) is 8.42 Å². The number of aryl methyl sites for hydroxylation is 1. The lowest BCUT2D eigenvalue weighted by molar-refractivity contribution is -0.139. The molecule has 0 bridgehead atoms. The molecule has 0 saturated carbocycles. The predicted molar refractivity (Wildman–Crippen MR) is 166 cm³/mol. The van der Waals surface area contributed by atoms with Crippen molar-refractivity contribution < 1.29 is 18.0 Å². The molecule has 0 fully saturated rings. The second-order valence-electron chi connectivity index (χ2n) is 10.3. The minimum atomic E-state index is -4.21. The van der Waals surface area contributed by atoms with Crippen LogP contribution in [0.4, 0.5) is 5.69 Å². The molecule has 3 aromatic carbocycles. The number of amides is 2. The number of anilines is 1. The quantitative estimate of drug-likeness (QED) is 0.250. The molecule has 0 aliphatic heterocycles. The molecular formula is C31H37Cl2N3O4S. The van der Waals surface area contributed by atoms with Crippen molar-refractivity contribution in [1.82, 2.24) is 10.2 Å². The van der Waals surface area contributed by atoms with Gasteiger partial charge in [0.25, 0.3) is 10.0 Å². The highest BCUT2D eigenvalue weighted by Crippen LogP contribution is 2.30. The molecule has 0 spiro atoms. The number of nitrogens with one attached hydrogen (secondary N) is 1. The SMILES string of the molecule is CC[C@@H](C(=O)NCC(C)C)N(CCc1ccccc1)C(=O)CN(c1cc(Cl)cc(Cl)c1)S(=O)(=O)c1ccc(C)cc1. The van der Waals surface area contributed by atoms with Crippen molar-refractivity contribution in [2.45, 2.75) is 51.5 Å². The van der Waals surface area contributed by atoms with E-state index in [1.807, 2.05) is 58.0 Å². The van der Waals surface area contributed by atoms with E-state index in [2.05, 4.69) is 5.32 Å². The summed E-state index contributed by atoms with van der Waals surface area (Å²) in [4.78, 5) is 28.8. The van der Waals surface area contributed by atoms with E-state index in [1.165, 1.54) is 35.2 Å². The first-order chi connectivity index (χ1) is 19.4. The Morgan fingerprint density at radius 3 is 2.10 bits per heavy atom. The number of sulfonamides is 1. The lowest BCUT2D eigenvalue weighted by atomic mass is 10.1. The smallest absolute Gasteiger partial charge is 0.264 e. The molecule has 2 amide bonds. The van der Waals surface area contributed by atoms with Gasteiger partial charge in [-0.3, -0.25) is 13.9 Å². The summed E-state index contributed by atoms with van der Waals surface area (Å²) in [5.74, 6) is -0.562. The number of carbonyl (C=O) groups is 2. The summed E-state index contributed by atoms with van der Waals surface area (Å²) >= 11 is 12.5. The van der Waals surface area contributed by atoms with Gasteiger partial charge in [0.1, 0.15) is 12.6 Å². The monoisotopic (exact) mass is 617 g/mol. The number of hydrogen-bond acceptors (Lipinski definition) is 4. The summed E-state index contributed by atoms with van der Waals surface area (Å²) < 4.78 is 28.9. The van der Waals surface area contributed by atoms with Crippen molar-refractivity contribution in [3.05, 3.63) is 94.0 Å². The van der Waals surface area contributed by atoms with E-state index in [9.17, 15) is 18.0 Å². The highest BCUT2D eigenvalue weighted by molar-refractivity contribution is 7.92. The summed E-state index contributed by atoms with van der Waals surface area (Å²) in [7, 11) is -4.21. The summed E-state index contributed by atoms with van der Waals surface area (Å²) in [6.45, 7) is 7.81. The van der Waals surface area contributed by atoms with Gasteiger partial charge in [-0.15, -0.1) is 0 Å². The molecule has 7 nitrogen and oxygen atoms in total. The molecule has 0 radical (unpaired) electrons. The molecule has 0 heterocycles. The molecule has 0 aliphatic carbocycles. The Balaban J connectivity index is 2.03. The second kappa shape index (κ2) is 14.7. The highest BCUT2D eigenvalue weighted by atomic mass is 35.5. The fraction of sp³-hybridized carbons (Fsp3) is 0.355. The molecule has 0 aromatic heterocycles. The zero-order chi connectivity index (χ0) is 30.2. The highest BCUT2D eigenvalue weighted by Gasteiger charge is 2.33. The Hall–Kier alpha value is -3.07. The number of halogens is 2. The minimum Gasteiger partial charge on any atom is -0.354 e. The van der Waals surface area contributed by atoms with E-state index in [1.54, 1.807) is 12.1 Å². The Morgan fingerprint density at radius 2 is 1.54 bits per heavy atom. The number of hydrogen-bond donors (Lipinski definition) is 1. The van der Waals surface area contributed by atoms with Gasteiger partial charge in [0.15, 0.2) is 0 Å². The fourth-order valence-electron chi connectivity index (χ4n) is 4.37. The Labute approximate surface area is 253 Å². The topological polar surface area (TPSA) is 86.8 Å². The average Bonchev–Trinajstić information content (AvgIpc) is 2.92. The van der Waals surface area contributed by atoms with Gasteiger partial charge in [-0.2, -0.15) is 0 Å². The van der Waals surface area contributed by atoms with Gasteiger partial charge < -0.3 is 10.2 Å². The van der Waals surface area contributed by atoms with E-state index in [-0.39, 0.29) is 39.0 Å². The van der Waals surface area contributed by atoms with Crippen LogP contribution in [0.15, 0.2) is 77.7 Å². The molecule has 10 heteroatoms. The van der Waals surface area contributed by atoms with E-state index in [0.717, 1.165) is 15.4 Å². The lowest BCUT2D eigenvalue weighted by Gasteiger charge is -2.33. The van der Waals surface area contributed by atoms with Gasteiger partial charge in [-0.05, 0) is 61.6 Å². The zero-order valence-electron chi connectivity index (χ0n) is 23.8. The molecule has 3 rings (SSSR count). The van der Waals surface area contributed by atoms with Crippen LogP contribution in [0.1, 0.15) is 38.3 Å². The Morgan fingerprint density at radius 1 is 0.927 bits per heavy atom. The third-order valence-corrected chi connectivity index (χ3v) is 8.80. The van der Waals surface area contributed by atoms with Crippen molar-refractivity contribution in [3.63, 3.8) is 0 Å². The maximum absolute atomic E-state index is 14.1. The van der Waals surface area contributed by atoms with Crippen molar-refractivity contribution in [2.24, 2.45) is 5.92 Å². The molecule has 1 atom stereocenters. The van der Waals surface area contributed by atoms with Crippen LogP contribution in [0.5, 0.6) is 0 Å². The largest absolute Gasteiger partial charge is 0.354 e. The second-order valence-corrected chi connectivity index (χ2v) is 13.1.